The van der Waals surface area contributed by atoms with E-state index in [9.17, 15) is 15.3 Å². The molecular weight excluding hydrogens is 240 g/mol. The van der Waals surface area contributed by atoms with Crippen LogP contribution in [0.15, 0.2) is 29.5 Å². The Morgan fingerprint density at radius 2 is 1.89 bits per heavy atom. The highest BCUT2D eigenvalue weighted by Gasteiger charge is 2.16. The summed E-state index contributed by atoms with van der Waals surface area (Å²) < 4.78 is 0. The van der Waals surface area contributed by atoms with Gasteiger partial charge in [0.05, 0.1) is 23.0 Å². The topological polar surface area (TPSA) is 94.0 Å². The monoisotopic (exact) mass is 254 g/mol. The average molecular weight is 254 g/mol. The molecule has 18 heavy (non-hydrogen) atoms. The molecule has 0 spiro atoms. The minimum absolute atomic E-state index is 0.0736. The first-order valence-electron chi connectivity index (χ1n) is 5.43. The fraction of sp³-hybridized carbons (Fsp3) is 0.400. The van der Waals surface area contributed by atoms with Crippen LogP contribution in [-0.4, -0.2) is 28.0 Å². The molecule has 0 aliphatic rings. The Kier molecular flexibility index (Phi) is 4.85. The number of nitro groups is 1. The molecule has 0 N–H and O–H groups in total. The molecule has 8 nitrogen and oxygen atoms in total. The Balaban J connectivity index is 2.85. The van der Waals surface area contributed by atoms with E-state index < -0.39 is 4.92 Å². The van der Waals surface area contributed by atoms with Crippen molar-refractivity contribution in [3.8, 4) is 5.75 Å². The van der Waals surface area contributed by atoms with Crippen molar-refractivity contribution in [3.05, 3.63) is 39.6 Å². The van der Waals surface area contributed by atoms with E-state index in [0.29, 0.717) is 13.1 Å². The Morgan fingerprint density at radius 3 is 2.44 bits per heavy atom. The van der Waals surface area contributed by atoms with Crippen molar-refractivity contribution < 1.29 is 14.7 Å². The molecule has 1 aromatic rings. The summed E-state index contributed by atoms with van der Waals surface area (Å²) in [4.78, 5) is 15.2. The minimum atomic E-state index is -0.600. The second kappa shape index (κ2) is 6.38. The zero-order valence-corrected chi connectivity index (χ0v) is 10.1. The van der Waals surface area contributed by atoms with Gasteiger partial charge in [0.15, 0.2) is 0 Å². The van der Waals surface area contributed by atoms with Crippen molar-refractivity contribution in [2.75, 3.05) is 13.1 Å². The Hall–Kier alpha value is -2.38. The lowest BCUT2D eigenvalue weighted by molar-refractivity contribution is -0.706. The van der Waals surface area contributed by atoms with Gasteiger partial charge < -0.3 is 5.21 Å². The molecule has 0 bridgehead atoms. The summed E-state index contributed by atoms with van der Waals surface area (Å²) in [5, 5.41) is 26.8. The maximum Gasteiger partial charge on any atom is 0.314 e. The first-order chi connectivity index (χ1) is 8.60. The fourth-order valence-electron chi connectivity index (χ4n) is 1.28. The summed E-state index contributed by atoms with van der Waals surface area (Å²) in [6, 6.07) is 5.71. The number of hydrazine groups is 1. The van der Waals surface area contributed by atoms with Crippen LogP contribution in [-0.2, 0) is 0 Å². The molecule has 0 aliphatic carbocycles. The third-order valence-corrected chi connectivity index (χ3v) is 2.24. The van der Waals surface area contributed by atoms with Gasteiger partial charge in [-0.3, -0.25) is 15.0 Å². The SMILES string of the molecule is CCN(CC)/[N+]([O-])=N\Oc1ccccc1[N+](=O)[O-]. The molecule has 8 heteroatoms. The van der Waals surface area contributed by atoms with Gasteiger partial charge in [0.2, 0.25) is 11.0 Å². The van der Waals surface area contributed by atoms with Crippen molar-refractivity contribution in [3.63, 3.8) is 0 Å². The minimum Gasteiger partial charge on any atom is -0.569 e. The van der Waals surface area contributed by atoms with Crippen molar-refractivity contribution in [2.45, 2.75) is 13.8 Å². The molecule has 0 unspecified atom stereocenters. The summed E-state index contributed by atoms with van der Waals surface area (Å²) in [7, 11) is 0. The normalized spacial score (nSPS) is 11.1. The lowest BCUT2D eigenvalue weighted by Gasteiger charge is -2.13. The number of nitrogens with zero attached hydrogens (tertiary/aromatic N) is 4. The van der Waals surface area contributed by atoms with Crippen LogP contribution < -0.4 is 4.84 Å². The molecule has 1 aromatic carbocycles. The predicted molar refractivity (Wildman–Crippen MR) is 62.7 cm³/mol. The molecule has 98 valence electrons. The van der Waals surface area contributed by atoms with Crippen LogP contribution in [0.25, 0.3) is 0 Å². The highest BCUT2D eigenvalue weighted by molar-refractivity contribution is 5.45. The summed E-state index contributed by atoms with van der Waals surface area (Å²) in [6.07, 6.45) is 0. The lowest BCUT2D eigenvalue weighted by Crippen LogP contribution is -2.30. The van der Waals surface area contributed by atoms with E-state index in [1.807, 2.05) is 0 Å². The molecule has 1 rings (SSSR count). The van der Waals surface area contributed by atoms with Crippen molar-refractivity contribution in [1.29, 1.82) is 0 Å². The third-order valence-electron chi connectivity index (χ3n) is 2.24. The molecule has 0 aromatic heterocycles. The second-order valence-corrected chi connectivity index (χ2v) is 3.29. The number of benzene rings is 1. The zero-order valence-electron chi connectivity index (χ0n) is 10.1. The van der Waals surface area contributed by atoms with E-state index in [1.54, 1.807) is 19.9 Å². The molecule has 0 radical (unpaired) electrons. The molecule has 0 amide bonds. The standard InChI is InChI=1S/C10H14N4O4/c1-3-12(4-2)14(17)11-18-10-8-6-5-7-9(10)13(15)16/h5-8H,3-4H2,1-2H3/b14-11+. The van der Waals surface area contributed by atoms with E-state index in [0.717, 1.165) is 0 Å². The maximum atomic E-state index is 11.4. The van der Waals surface area contributed by atoms with Crippen LogP contribution in [0.1, 0.15) is 13.8 Å². The van der Waals surface area contributed by atoms with Crippen LogP contribution >= 0.6 is 0 Å². The molecule has 0 saturated heterocycles. The van der Waals surface area contributed by atoms with Crippen molar-refractivity contribution in [1.82, 2.24) is 5.01 Å². The number of nitro benzene ring substituents is 1. The smallest absolute Gasteiger partial charge is 0.314 e. The summed E-state index contributed by atoms with van der Waals surface area (Å²) >= 11 is 0. The highest BCUT2D eigenvalue weighted by Crippen LogP contribution is 2.25. The third kappa shape index (κ3) is 3.30. The summed E-state index contributed by atoms with van der Waals surface area (Å²) in [5.74, 6) is -0.0736. The first-order valence-corrected chi connectivity index (χ1v) is 5.43. The van der Waals surface area contributed by atoms with Gasteiger partial charge >= 0.3 is 5.69 Å². The maximum absolute atomic E-state index is 11.4. The zero-order chi connectivity index (χ0) is 13.5. The second-order valence-electron chi connectivity index (χ2n) is 3.29. The van der Waals surface area contributed by atoms with E-state index in [-0.39, 0.29) is 16.4 Å². The van der Waals surface area contributed by atoms with Crippen LogP contribution in [0, 0.1) is 15.3 Å². The molecule has 0 atom stereocenters. The first kappa shape index (κ1) is 13.7. The van der Waals surface area contributed by atoms with Gasteiger partial charge in [-0.25, -0.2) is 0 Å². The van der Waals surface area contributed by atoms with Gasteiger partial charge in [-0.2, -0.15) is 0 Å². The van der Waals surface area contributed by atoms with Crippen LogP contribution in [0.5, 0.6) is 5.75 Å². The van der Waals surface area contributed by atoms with Gasteiger partial charge in [-0.05, 0) is 19.9 Å². The summed E-state index contributed by atoms with van der Waals surface area (Å²) in [5.41, 5.74) is -0.241. The van der Waals surface area contributed by atoms with Gasteiger partial charge in [0.25, 0.3) is 0 Å². The lowest BCUT2D eigenvalue weighted by atomic mass is 10.3. The van der Waals surface area contributed by atoms with Gasteiger partial charge in [0, 0.05) is 6.07 Å². The van der Waals surface area contributed by atoms with Crippen molar-refractivity contribution in [2.24, 2.45) is 5.28 Å². The van der Waals surface area contributed by atoms with E-state index >= 15 is 0 Å². The molecular formula is C10H14N4O4. The Labute approximate surface area is 104 Å². The van der Waals surface area contributed by atoms with Gasteiger partial charge in [0.1, 0.15) is 0 Å². The van der Waals surface area contributed by atoms with Crippen LogP contribution in [0.2, 0.25) is 0 Å². The number of hydrogen-bond acceptors (Lipinski definition) is 5. The predicted octanol–water partition coefficient (Wildman–Crippen LogP) is 2.11. The Morgan fingerprint density at radius 1 is 1.28 bits per heavy atom. The average Bonchev–Trinajstić information content (AvgIpc) is 2.38. The molecule has 0 saturated carbocycles. The molecule has 0 heterocycles. The van der Waals surface area contributed by atoms with E-state index in [4.69, 9.17) is 4.84 Å². The van der Waals surface area contributed by atoms with Crippen LogP contribution in [0.3, 0.4) is 0 Å². The van der Waals surface area contributed by atoms with Crippen LogP contribution in [0.4, 0.5) is 5.69 Å². The number of hydrogen-bond donors (Lipinski definition) is 0. The number of para-hydroxylation sites is 2. The number of rotatable bonds is 6. The Bertz CT molecular complexity index is 445. The molecule has 0 fully saturated rings. The largest absolute Gasteiger partial charge is 0.569 e. The fourth-order valence-corrected chi connectivity index (χ4v) is 1.28. The van der Waals surface area contributed by atoms with Gasteiger partial charge in [-0.15, -0.1) is 5.01 Å². The van der Waals surface area contributed by atoms with E-state index in [2.05, 4.69) is 5.28 Å². The van der Waals surface area contributed by atoms with Gasteiger partial charge in [-0.1, -0.05) is 12.1 Å². The van der Waals surface area contributed by atoms with E-state index in [1.165, 1.54) is 23.2 Å². The molecule has 0 aliphatic heterocycles. The quantitative estimate of drug-likeness (QED) is 0.335. The van der Waals surface area contributed by atoms with Crippen molar-refractivity contribution >= 4 is 5.69 Å². The summed E-state index contributed by atoms with van der Waals surface area (Å²) in [6.45, 7) is 4.50. The highest BCUT2D eigenvalue weighted by atomic mass is 16.7.